The number of halogens is 3. The number of alkyl halides is 2. The van der Waals surface area contributed by atoms with E-state index in [-0.39, 0.29) is 12.6 Å². The van der Waals surface area contributed by atoms with Crippen LogP contribution in [0, 0.1) is 0 Å². The van der Waals surface area contributed by atoms with Crippen LogP contribution in [0.1, 0.15) is 13.8 Å². The molecule has 1 fully saturated rings. The van der Waals surface area contributed by atoms with E-state index in [1.54, 1.807) is 23.2 Å². The minimum Gasteiger partial charge on any atom is -0.486 e. The maximum atomic E-state index is 12.0. The molecule has 2 rings (SSSR count). The number of aromatic nitrogens is 1. The molecule has 18 heavy (non-hydrogen) atoms. The molecule has 0 atom stereocenters. The lowest BCUT2D eigenvalue weighted by Gasteiger charge is -2.38. The molecule has 0 N–H and O–H groups in total. The van der Waals surface area contributed by atoms with E-state index >= 15 is 0 Å². The summed E-state index contributed by atoms with van der Waals surface area (Å²) in [5.41, 5.74) is 0. The second-order valence-corrected chi connectivity index (χ2v) is 4.48. The number of likely N-dealkylation sites (tertiary alicyclic amines) is 1. The van der Waals surface area contributed by atoms with Crippen LogP contribution in [-0.2, 0) is 0 Å². The fraction of sp³-hybridized carbons (Fsp3) is 0.583. The van der Waals surface area contributed by atoms with Gasteiger partial charge in [-0.1, -0.05) is 13.8 Å². The van der Waals surface area contributed by atoms with Crippen molar-refractivity contribution in [3.63, 3.8) is 0 Å². The highest BCUT2D eigenvalue weighted by Gasteiger charge is 2.30. The molecule has 102 valence electrons. The molecule has 1 saturated heterocycles. The minimum absolute atomic E-state index is 0.00160. The molecule has 0 aliphatic carbocycles. The molecular weight excluding hydrogens is 306 g/mol. The van der Waals surface area contributed by atoms with Gasteiger partial charge in [0.2, 0.25) is 0 Å². The van der Waals surface area contributed by atoms with E-state index in [1.807, 2.05) is 13.8 Å². The van der Waals surface area contributed by atoms with Crippen molar-refractivity contribution in [3.05, 3.63) is 22.9 Å². The lowest BCUT2D eigenvalue weighted by Crippen LogP contribution is -2.55. The second-order valence-electron chi connectivity index (χ2n) is 3.67. The van der Waals surface area contributed by atoms with E-state index in [4.69, 9.17) is 4.74 Å². The van der Waals surface area contributed by atoms with E-state index in [0.29, 0.717) is 18.8 Å². The fourth-order valence-electron chi connectivity index (χ4n) is 1.57. The van der Waals surface area contributed by atoms with Crippen LogP contribution >= 0.6 is 15.9 Å². The first-order chi connectivity index (χ1) is 8.63. The molecule has 1 aliphatic rings. The molecule has 1 aromatic rings. The van der Waals surface area contributed by atoms with Gasteiger partial charge < -0.3 is 4.74 Å². The van der Waals surface area contributed by atoms with Gasteiger partial charge in [-0.25, -0.2) is 13.8 Å². The zero-order valence-corrected chi connectivity index (χ0v) is 12.0. The third-order valence-corrected chi connectivity index (χ3v) is 2.79. The highest BCUT2D eigenvalue weighted by molar-refractivity contribution is 9.10. The van der Waals surface area contributed by atoms with Crippen LogP contribution in [-0.4, -0.2) is 42.0 Å². The van der Waals surface area contributed by atoms with Gasteiger partial charge in [0.25, 0.3) is 6.43 Å². The molecule has 3 nitrogen and oxygen atoms in total. The molecular formula is C12H17BrF2N2O. The molecule has 0 radical (unpaired) electrons. The Morgan fingerprint density at radius 3 is 2.61 bits per heavy atom. The van der Waals surface area contributed by atoms with Crippen LogP contribution in [0.25, 0.3) is 0 Å². The normalized spacial score (nSPS) is 15.9. The highest BCUT2D eigenvalue weighted by atomic mass is 79.9. The zero-order valence-electron chi connectivity index (χ0n) is 10.4. The lowest BCUT2D eigenvalue weighted by molar-refractivity contribution is -0.0166. The van der Waals surface area contributed by atoms with E-state index in [0.717, 1.165) is 4.60 Å². The number of ether oxygens (including phenoxy) is 1. The summed E-state index contributed by atoms with van der Waals surface area (Å²) in [4.78, 5) is 5.68. The Morgan fingerprint density at radius 1 is 1.44 bits per heavy atom. The van der Waals surface area contributed by atoms with Gasteiger partial charge in [0, 0.05) is 13.1 Å². The zero-order chi connectivity index (χ0) is 13.5. The van der Waals surface area contributed by atoms with Crippen LogP contribution in [0.5, 0.6) is 5.75 Å². The number of nitrogens with zero attached hydrogens (tertiary/aromatic N) is 2. The average molecular weight is 323 g/mol. The molecule has 6 heteroatoms. The Hall–Kier alpha value is -0.750. The number of rotatable bonds is 4. The van der Waals surface area contributed by atoms with Crippen LogP contribution in [0.3, 0.4) is 0 Å². The largest absolute Gasteiger partial charge is 0.486 e. The van der Waals surface area contributed by atoms with Crippen molar-refractivity contribution in [2.75, 3.05) is 19.6 Å². The van der Waals surface area contributed by atoms with Gasteiger partial charge in [0.1, 0.15) is 16.5 Å². The summed E-state index contributed by atoms with van der Waals surface area (Å²) in [5.74, 6) is 0.671. The fourth-order valence-corrected chi connectivity index (χ4v) is 1.80. The third kappa shape index (κ3) is 4.86. The smallest absolute Gasteiger partial charge is 0.251 e. The first kappa shape index (κ1) is 15.3. The summed E-state index contributed by atoms with van der Waals surface area (Å²) < 4.78 is 30.3. The van der Waals surface area contributed by atoms with E-state index < -0.39 is 6.43 Å². The van der Waals surface area contributed by atoms with Gasteiger partial charge in [0.05, 0.1) is 12.7 Å². The van der Waals surface area contributed by atoms with Crippen LogP contribution in [0.4, 0.5) is 8.78 Å². The number of hydrogen-bond acceptors (Lipinski definition) is 3. The molecule has 0 spiro atoms. The van der Waals surface area contributed by atoms with E-state index in [2.05, 4.69) is 20.9 Å². The van der Waals surface area contributed by atoms with Crippen LogP contribution < -0.4 is 4.74 Å². The van der Waals surface area contributed by atoms with Crippen molar-refractivity contribution in [2.45, 2.75) is 26.4 Å². The second kappa shape index (κ2) is 7.63. The van der Waals surface area contributed by atoms with Gasteiger partial charge >= 0.3 is 0 Å². The summed E-state index contributed by atoms with van der Waals surface area (Å²) in [7, 11) is 0. The van der Waals surface area contributed by atoms with Crippen molar-refractivity contribution in [3.8, 4) is 5.75 Å². The lowest BCUT2D eigenvalue weighted by atomic mass is 10.1. The summed E-state index contributed by atoms with van der Waals surface area (Å²) in [6.07, 6.45) is -0.656. The maximum Gasteiger partial charge on any atom is 0.251 e. The first-order valence-electron chi connectivity index (χ1n) is 5.92. The van der Waals surface area contributed by atoms with Crippen molar-refractivity contribution in [2.24, 2.45) is 0 Å². The number of hydrogen-bond donors (Lipinski definition) is 0. The van der Waals surface area contributed by atoms with Crippen molar-refractivity contribution < 1.29 is 13.5 Å². The Kier molecular flexibility index (Phi) is 6.49. The molecule has 2 heterocycles. The van der Waals surface area contributed by atoms with Gasteiger partial charge in [0.15, 0.2) is 0 Å². The number of pyridine rings is 1. The summed E-state index contributed by atoms with van der Waals surface area (Å²) in [6, 6.07) is 3.58. The molecule has 0 unspecified atom stereocenters. The van der Waals surface area contributed by atoms with E-state index in [1.165, 1.54) is 0 Å². The standard InChI is InChI=1S/C10H11BrF2N2O.C2H6/c11-9-2-1-7(3-14-9)16-8-4-15(5-8)6-10(12)13;1-2/h1-3,8,10H,4-6H2;1-2H3. The van der Waals surface area contributed by atoms with Gasteiger partial charge in [-0.3, -0.25) is 4.90 Å². The Balaban J connectivity index is 0.000000771. The van der Waals surface area contributed by atoms with Crippen molar-refractivity contribution in [1.29, 1.82) is 0 Å². The topological polar surface area (TPSA) is 25.4 Å². The molecule has 1 aliphatic heterocycles. The van der Waals surface area contributed by atoms with Crippen molar-refractivity contribution in [1.82, 2.24) is 9.88 Å². The van der Waals surface area contributed by atoms with E-state index in [9.17, 15) is 8.78 Å². The van der Waals surface area contributed by atoms with Crippen LogP contribution in [0.15, 0.2) is 22.9 Å². The van der Waals surface area contributed by atoms with Gasteiger partial charge in [-0.05, 0) is 28.1 Å². The Morgan fingerprint density at radius 2 is 2.11 bits per heavy atom. The quantitative estimate of drug-likeness (QED) is 0.796. The molecule has 0 aromatic carbocycles. The summed E-state index contributed by atoms with van der Waals surface area (Å²) in [5, 5.41) is 0. The minimum atomic E-state index is -2.27. The first-order valence-corrected chi connectivity index (χ1v) is 6.71. The maximum absolute atomic E-state index is 12.0. The molecule has 0 bridgehead atoms. The monoisotopic (exact) mass is 322 g/mol. The Bertz CT molecular complexity index is 342. The third-order valence-electron chi connectivity index (χ3n) is 2.32. The predicted octanol–water partition coefficient (Wildman–Crippen LogP) is 3.20. The molecule has 0 amide bonds. The molecule has 1 aromatic heterocycles. The highest BCUT2D eigenvalue weighted by Crippen LogP contribution is 2.19. The van der Waals surface area contributed by atoms with Gasteiger partial charge in [-0.15, -0.1) is 0 Å². The Labute approximate surface area is 114 Å². The summed E-state index contributed by atoms with van der Waals surface area (Å²) in [6.45, 7) is 4.94. The van der Waals surface area contributed by atoms with Crippen LogP contribution in [0.2, 0.25) is 0 Å². The average Bonchev–Trinajstić information content (AvgIpc) is 2.31. The van der Waals surface area contributed by atoms with Gasteiger partial charge in [-0.2, -0.15) is 0 Å². The summed E-state index contributed by atoms with van der Waals surface area (Å²) >= 11 is 3.22. The molecule has 0 saturated carbocycles. The predicted molar refractivity (Wildman–Crippen MR) is 70.1 cm³/mol. The van der Waals surface area contributed by atoms with Crippen molar-refractivity contribution >= 4 is 15.9 Å². The SMILES string of the molecule is CC.FC(F)CN1CC(Oc2ccc(Br)nc2)C1.